The highest BCUT2D eigenvalue weighted by Crippen LogP contribution is 2.14. The third-order valence-corrected chi connectivity index (χ3v) is 7.99. The fraction of sp³-hybridized carbons (Fsp3) is 0.811. The summed E-state index contributed by atoms with van der Waals surface area (Å²) in [6.45, 7) is 4.12. The number of aliphatic hydroxyl groups excluding tert-OH is 3. The first-order valence-corrected chi connectivity index (χ1v) is 17.8. The average Bonchev–Trinajstić information content (AvgIpc) is 2.99. The fourth-order valence-electron chi connectivity index (χ4n) is 5.11. The van der Waals surface area contributed by atoms with Crippen LogP contribution in [0, 0.1) is 0 Å². The molecule has 0 aromatic heterocycles. The first-order valence-electron chi connectivity index (χ1n) is 17.8. The zero-order valence-corrected chi connectivity index (χ0v) is 27.6. The van der Waals surface area contributed by atoms with Crippen LogP contribution in [0.25, 0.3) is 0 Å². The van der Waals surface area contributed by atoms with Crippen LogP contribution in [-0.2, 0) is 4.79 Å². The lowest BCUT2D eigenvalue weighted by Crippen LogP contribution is -2.48. The lowest BCUT2D eigenvalue weighted by atomic mass is 10.0. The highest BCUT2D eigenvalue weighted by Gasteiger charge is 2.22. The van der Waals surface area contributed by atoms with Gasteiger partial charge in [0.05, 0.1) is 18.8 Å². The fourth-order valence-corrected chi connectivity index (χ4v) is 5.11. The highest BCUT2D eigenvalue weighted by molar-refractivity contribution is 5.81. The number of carbonyl (C=O) groups excluding carboxylic acids is 1. The van der Waals surface area contributed by atoms with E-state index in [1.807, 2.05) is 12.2 Å². The predicted octanol–water partition coefficient (Wildman–Crippen LogP) is 9.26. The molecule has 0 rings (SSSR count). The Morgan fingerprint density at radius 1 is 0.595 bits per heavy atom. The molecule has 0 bridgehead atoms. The summed E-state index contributed by atoms with van der Waals surface area (Å²) in [5.41, 5.74) is 0. The molecule has 0 aliphatic heterocycles. The Morgan fingerprint density at radius 3 is 1.50 bits per heavy atom. The van der Waals surface area contributed by atoms with Gasteiger partial charge in [0.25, 0.3) is 0 Å². The summed E-state index contributed by atoms with van der Waals surface area (Å²) in [5.74, 6) is -0.572. The molecule has 0 saturated carbocycles. The van der Waals surface area contributed by atoms with E-state index in [0.717, 1.165) is 25.7 Å². The Hall–Kier alpha value is -1.43. The highest BCUT2D eigenvalue weighted by atomic mass is 16.3. The Morgan fingerprint density at radius 2 is 1.02 bits per heavy atom. The number of unbranched alkanes of at least 4 members (excludes halogenated alkanes) is 20. The standard InChI is InChI=1S/C37H69NO4/c1-3-5-7-9-11-13-15-17-18-19-20-22-23-25-27-29-31-35(40)34(33-39)38-37(42)36(41)32-30-28-26-24-21-16-14-12-10-8-6-4-2/h21,24,28-31,34-36,39-41H,3-20,22-23,25-27,32-33H2,1-2H3,(H,38,42)/b24-21-,30-28-,31-29+. The summed E-state index contributed by atoms with van der Waals surface area (Å²) in [4.78, 5) is 12.3. The number of rotatable bonds is 31. The van der Waals surface area contributed by atoms with Gasteiger partial charge in [-0.05, 0) is 32.1 Å². The maximum Gasteiger partial charge on any atom is 0.249 e. The van der Waals surface area contributed by atoms with Crippen molar-refractivity contribution in [1.82, 2.24) is 5.32 Å². The quantitative estimate of drug-likeness (QED) is 0.0478. The second-order valence-corrected chi connectivity index (χ2v) is 12.1. The average molecular weight is 592 g/mol. The number of allylic oxidation sites excluding steroid dienone is 4. The second-order valence-electron chi connectivity index (χ2n) is 12.1. The van der Waals surface area contributed by atoms with Crippen molar-refractivity contribution in [2.24, 2.45) is 0 Å². The van der Waals surface area contributed by atoms with Gasteiger partial charge in [-0.3, -0.25) is 4.79 Å². The van der Waals surface area contributed by atoms with Crippen LogP contribution in [0.4, 0.5) is 0 Å². The molecule has 5 heteroatoms. The van der Waals surface area contributed by atoms with Gasteiger partial charge >= 0.3 is 0 Å². The minimum absolute atomic E-state index is 0.209. The zero-order valence-electron chi connectivity index (χ0n) is 27.6. The molecule has 3 unspecified atom stereocenters. The molecule has 0 heterocycles. The van der Waals surface area contributed by atoms with Gasteiger partial charge in [0.15, 0.2) is 0 Å². The molecule has 5 nitrogen and oxygen atoms in total. The lowest BCUT2D eigenvalue weighted by molar-refractivity contribution is -0.131. The summed E-state index contributed by atoms with van der Waals surface area (Å²) >= 11 is 0. The maximum atomic E-state index is 12.3. The van der Waals surface area contributed by atoms with Crippen molar-refractivity contribution in [2.75, 3.05) is 6.61 Å². The van der Waals surface area contributed by atoms with Crippen molar-refractivity contribution in [3.8, 4) is 0 Å². The topological polar surface area (TPSA) is 89.8 Å². The van der Waals surface area contributed by atoms with E-state index < -0.39 is 24.2 Å². The molecule has 0 radical (unpaired) electrons. The molecular weight excluding hydrogens is 522 g/mol. The molecule has 246 valence electrons. The normalized spacial score (nSPS) is 14.3. The van der Waals surface area contributed by atoms with Gasteiger partial charge < -0.3 is 20.6 Å². The molecule has 0 aromatic carbocycles. The van der Waals surface area contributed by atoms with Gasteiger partial charge in [-0.15, -0.1) is 0 Å². The lowest BCUT2D eigenvalue weighted by Gasteiger charge is -2.21. The summed E-state index contributed by atoms with van der Waals surface area (Å²) in [6, 6.07) is -0.825. The molecule has 0 aliphatic rings. The van der Waals surface area contributed by atoms with Crippen molar-refractivity contribution < 1.29 is 20.1 Å². The van der Waals surface area contributed by atoms with E-state index in [0.29, 0.717) is 0 Å². The number of hydrogen-bond acceptors (Lipinski definition) is 4. The molecule has 42 heavy (non-hydrogen) atoms. The van der Waals surface area contributed by atoms with Crippen molar-refractivity contribution in [1.29, 1.82) is 0 Å². The van der Waals surface area contributed by atoms with E-state index in [4.69, 9.17) is 0 Å². The van der Waals surface area contributed by atoms with Gasteiger partial charge in [0.1, 0.15) is 6.10 Å². The van der Waals surface area contributed by atoms with Crippen LogP contribution in [0.1, 0.15) is 168 Å². The summed E-state index contributed by atoms with van der Waals surface area (Å²) in [6.07, 6.45) is 38.9. The van der Waals surface area contributed by atoms with Gasteiger partial charge in [0.2, 0.25) is 5.91 Å². The molecular formula is C37H69NO4. The van der Waals surface area contributed by atoms with Crippen LogP contribution in [0.5, 0.6) is 0 Å². The van der Waals surface area contributed by atoms with Gasteiger partial charge in [0, 0.05) is 6.42 Å². The van der Waals surface area contributed by atoms with Crippen LogP contribution in [0.2, 0.25) is 0 Å². The molecule has 0 aromatic rings. The number of amides is 1. The number of aliphatic hydroxyl groups is 3. The monoisotopic (exact) mass is 592 g/mol. The van der Waals surface area contributed by atoms with E-state index in [9.17, 15) is 20.1 Å². The molecule has 3 atom stereocenters. The van der Waals surface area contributed by atoms with Crippen molar-refractivity contribution >= 4 is 5.91 Å². The molecule has 1 amide bonds. The van der Waals surface area contributed by atoms with Gasteiger partial charge in [-0.2, -0.15) is 0 Å². The van der Waals surface area contributed by atoms with Crippen LogP contribution >= 0.6 is 0 Å². The minimum Gasteiger partial charge on any atom is -0.394 e. The smallest absolute Gasteiger partial charge is 0.249 e. The summed E-state index contributed by atoms with van der Waals surface area (Å²) in [5, 5.41) is 32.8. The second kappa shape index (κ2) is 32.5. The third-order valence-electron chi connectivity index (χ3n) is 7.99. The molecule has 0 aliphatic carbocycles. The van der Waals surface area contributed by atoms with Crippen molar-refractivity contribution in [2.45, 2.75) is 186 Å². The van der Waals surface area contributed by atoms with Crippen LogP contribution in [-0.4, -0.2) is 46.1 Å². The van der Waals surface area contributed by atoms with Gasteiger partial charge in [-0.1, -0.05) is 166 Å². The Bertz CT molecular complexity index is 660. The molecule has 0 saturated heterocycles. The number of carbonyl (C=O) groups is 1. The van der Waals surface area contributed by atoms with Crippen LogP contribution in [0.15, 0.2) is 36.5 Å². The van der Waals surface area contributed by atoms with Crippen molar-refractivity contribution in [3.05, 3.63) is 36.5 Å². The molecule has 0 spiro atoms. The Labute approximate surface area is 260 Å². The first-order chi connectivity index (χ1) is 20.6. The van der Waals surface area contributed by atoms with E-state index in [-0.39, 0.29) is 13.0 Å². The van der Waals surface area contributed by atoms with E-state index in [2.05, 4.69) is 31.3 Å². The summed E-state index contributed by atoms with van der Waals surface area (Å²) in [7, 11) is 0. The minimum atomic E-state index is -1.20. The van der Waals surface area contributed by atoms with Crippen LogP contribution in [0.3, 0.4) is 0 Å². The van der Waals surface area contributed by atoms with E-state index in [1.165, 1.54) is 122 Å². The SMILES string of the molecule is CCCCCCCC/C=C\C/C=C\CC(O)C(=O)NC(CO)C(O)/C=C/CCCCCCCCCCCCCCCC. The Kier molecular flexibility index (Phi) is 31.4. The number of nitrogens with one attached hydrogen (secondary N) is 1. The largest absolute Gasteiger partial charge is 0.394 e. The van der Waals surface area contributed by atoms with Crippen LogP contribution < -0.4 is 5.32 Å². The molecule has 0 fully saturated rings. The molecule has 4 N–H and O–H groups in total. The Balaban J connectivity index is 3.85. The predicted molar refractivity (Wildman–Crippen MR) is 181 cm³/mol. The third kappa shape index (κ3) is 27.4. The number of hydrogen-bond donors (Lipinski definition) is 4. The first kappa shape index (κ1) is 40.6. The van der Waals surface area contributed by atoms with Crippen molar-refractivity contribution in [3.63, 3.8) is 0 Å². The van der Waals surface area contributed by atoms with E-state index in [1.54, 1.807) is 12.2 Å². The van der Waals surface area contributed by atoms with Gasteiger partial charge in [-0.25, -0.2) is 0 Å². The maximum absolute atomic E-state index is 12.3. The van der Waals surface area contributed by atoms with E-state index >= 15 is 0 Å². The zero-order chi connectivity index (χ0) is 30.9. The summed E-state index contributed by atoms with van der Waals surface area (Å²) < 4.78 is 0.